The number of benzene rings is 2. The van der Waals surface area contributed by atoms with Crippen molar-refractivity contribution in [3.8, 4) is 11.5 Å². The lowest BCUT2D eigenvalue weighted by Crippen LogP contribution is -2.46. The zero-order valence-corrected chi connectivity index (χ0v) is 18.6. The van der Waals surface area contributed by atoms with Gasteiger partial charge in [-0.1, -0.05) is 23.7 Å². The van der Waals surface area contributed by atoms with Crippen LogP contribution in [0.25, 0.3) is 0 Å². The van der Waals surface area contributed by atoms with Crippen molar-refractivity contribution in [3.63, 3.8) is 0 Å². The van der Waals surface area contributed by atoms with Gasteiger partial charge in [0.25, 0.3) is 0 Å². The molecule has 1 fully saturated rings. The third-order valence-corrected chi connectivity index (χ3v) is 6.07. The van der Waals surface area contributed by atoms with Crippen LogP contribution in [0.15, 0.2) is 42.7 Å². The Bertz CT molecular complexity index is 1130. The number of rotatable bonds is 5. The van der Waals surface area contributed by atoms with Crippen molar-refractivity contribution in [2.45, 2.75) is 13.5 Å². The van der Waals surface area contributed by atoms with Crippen molar-refractivity contribution in [1.29, 1.82) is 0 Å². The van der Waals surface area contributed by atoms with E-state index in [1.54, 1.807) is 6.33 Å². The fourth-order valence-corrected chi connectivity index (χ4v) is 4.18. The second-order valence-electron chi connectivity index (χ2n) is 7.99. The van der Waals surface area contributed by atoms with Crippen molar-refractivity contribution in [2.75, 3.05) is 48.9 Å². The summed E-state index contributed by atoms with van der Waals surface area (Å²) < 4.78 is 10.9. The van der Waals surface area contributed by atoms with Gasteiger partial charge in [-0.15, -0.1) is 0 Å². The molecule has 32 heavy (non-hydrogen) atoms. The lowest BCUT2D eigenvalue weighted by molar-refractivity contribution is 0.174. The smallest absolute Gasteiger partial charge is 0.231 e. The van der Waals surface area contributed by atoms with E-state index in [1.165, 1.54) is 5.56 Å². The molecular formula is C23H25ClN6O2. The van der Waals surface area contributed by atoms with Crippen LogP contribution in [-0.4, -0.2) is 47.8 Å². The van der Waals surface area contributed by atoms with Crippen LogP contribution in [0, 0.1) is 6.92 Å². The Morgan fingerprint density at radius 1 is 1.03 bits per heavy atom. The van der Waals surface area contributed by atoms with Crippen LogP contribution in [0.3, 0.4) is 0 Å². The molecule has 0 unspecified atom stereocenters. The van der Waals surface area contributed by atoms with E-state index in [0.717, 1.165) is 61.3 Å². The Kier molecular flexibility index (Phi) is 5.63. The predicted molar refractivity (Wildman–Crippen MR) is 126 cm³/mol. The SMILES string of the molecule is Cc1ccc(Cl)cc1Nc1ncnc(N2CCN(Cc3ccc4c(c3)OCO4)CC2)c1N. The van der Waals surface area contributed by atoms with Gasteiger partial charge in [-0.05, 0) is 42.3 Å². The Morgan fingerprint density at radius 2 is 1.84 bits per heavy atom. The Labute approximate surface area is 191 Å². The molecule has 0 saturated carbocycles. The van der Waals surface area contributed by atoms with E-state index in [0.29, 0.717) is 23.3 Å². The molecule has 2 aromatic carbocycles. The summed E-state index contributed by atoms with van der Waals surface area (Å²) in [6, 6.07) is 11.8. The minimum atomic E-state index is 0.297. The van der Waals surface area contributed by atoms with E-state index in [2.05, 4.69) is 37.2 Å². The number of nitrogen functional groups attached to an aromatic ring is 1. The summed E-state index contributed by atoms with van der Waals surface area (Å²) in [6.07, 6.45) is 1.55. The van der Waals surface area contributed by atoms with Gasteiger partial charge in [0.2, 0.25) is 6.79 Å². The van der Waals surface area contributed by atoms with Gasteiger partial charge in [-0.3, -0.25) is 4.90 Å². The van der Waals surface area contributed by atoms with Crippen LogP contribution < -0.4 is 25.4 Å². The molecule has 0 bridgehead atoms. The van der Waals surface area contributed by atoms with Crippen LogP contribution in [0.4, 0.5) is 23.0 Å². The molecule has 3 N–H and O–H groups in total. The molecule has 0 radical (unpaired) electrons. The van der Waals surface area contributed by atoms with Gasteiger partial charge in [-0.25, -0.2) is 9.97 Å². The summed E-state index contributed by atoms with van der Waals surface area (Å²) in [5.74, 6) is 2.98. The van der Waals surface area contributed by atoms with E-state index in [4.69, 9.17) is 26.8 Å². The molecular weight excluding hydrogens is 428 g/mol. The maximum Gasteiger partial charge on any atom is 0.231 e. The fourth-order valence-electron chi connectivity index (χ4n) is 4.01. The second-order valence-corrected chi connectivity index (χ2v) is 8.43. The molecule has 0 atom stereocenters. The number of nitrogens with zero attached hydrogens (tertiary/aromatic N) is 4. The second kappa shape index (κ2) is 8.72. The summed E-state index contributed by atoms with van der Waals surface area (Å²) in [5, 5.41) is 3.96. The standard InChI is InChI=1S/C23H25ClN6O2/c1-15-2-4-17(24)11-18(15)28-22-21(25)23(27-13-26-22)30-8-6-29(7-9-30)12-16-3-5-19-20(10-16)32-14-31-19/h2-5,10-11,13H,6-9,12,14,25H2,1H3,(H,26,27,28). The maximum atomic E-state index is 6.46. The van der Waals surface area contributed by atoms with E-state index in [1.807, 2.05) is 31.2 Å². The highest BCUT2D eigenvalue weighted by Crippen LogP contribution is 2.34. The first-order chi connectivity index (χ1) is 15.6. The lowest BCUT2D eigenvalue weighted by atomic mass is 10.1. The molecule has 8 nitrogen and oxygen atoms in total. The molecule has 2 aliphatic heterocycles. The monoisotopic (exact) mass is 452 g/mol. The zero-order valence-electron chi connectivity index (χ0n) is 17.8. The van der Waals surface area contributed by atoms with Gasteiger partial charge in [0.15, 0.2) is 23.1 Å². The number of hydrogen-bond acceptors (Lipinski definition) is 8. The number of fused-ring (bicyclic) bond motifs is 1. The molecule has 3 heterocycles. The molecule has 1 saturated heterocycles. The Hall–Kier alpha value is -3.23. The summed E-state index contributed by atoms with van der Waals surface area (Å²) in [7, 11) is 0. The van der Waals surface area contributed by atoms with E-state index in [9.17, 15) is 0 Å². The van der Waals surface area contributed by atoms with Crippen LogP contribution in [-0.2, 0) is 6.54 Å². The van der Waals surface area contributed by atoms with Gasteiger partial charge in [-0.2, -0.15) is 0 Å². The van der Waals surface area contributed by atoms with Gasteiger partial charge in [0, 0.05) is 43.4 Å². The molecule has 1 aromatic heterocycles. The van der Waals surface area contributed by atoms with Crippen molar-refractivity contribution >= 4 is 34.6 Å². The highest BCUT2D eigenvalue weighted by atomic mass is 35.5. The van der Waals surface area contributed by atoms with Crippen LogP contribution in [0.5, 0.6) is 11.5 Å². The van der Waals surface area contributed by atoms with Crippen molar-refractivity contribution in [1.82, 2.24) is 14.9 Å². The van der Waals surface area contributed by atoms with Gasteiger partial charge in [0.05, 0.1) is 0 Å². The molecule has 0 amide bonds. The molecule has 3 aromatic rings. The highest BCUT2D eigenvalue weighted by molar-refractivity contribution is 6.30. The molecule has 0 spiro atoms. The number of piperazine rings is 1. The van der Waals surface area contributed by atoms with E-state index < -0.39 is 0 Å². The first-order valence-corrected chi connectivity index (χ1v) is 10.9. The third kappa shape index (κ3) is 4.24. The predicted octanol–water partition coefficient (Wildman–Crippen LogP) is 3.82. The summed E-state index contributed by atoms with van der Waals surface area (Å²) in [4.78, 5) is 13.4. The average Bonchev–Trinajstić information content (AvgIpc) is 3.26. The Morgan fingerprint density at radius 3 is 2.69 bits per heavy atom. The summed E-state index contributed by atoms with van der Waals surface area (Å²) in [5.41, 5.74) is 10.2. The van der Waals surface area contributed by atoms with Crippen LogP contribution >= 0.6 is 11.6 Å². The third-order valence-electron chi connectivity index (χ3n) is 5.83. The first kappa shape index (κ1) is 20.7. The first-order valence-electron chi connectivity index (χ1n) is 10.6. The van der Waals surface area contributed by atoms with Gasteiger partial charge >= 0.3 is 0 Å². The lowest BCUT2D eigenvalue weighted by Gasteiger charge is -2.36. The number of nitrogens with two attached hydrogens (primary N) is 1. The van der Waals surface area contributed by atoms with Gasteiger partial charge < -0.3 is 25.4 Å². The molecule has 2 aliphatic rings. The fraction of sp³-hybridized carbons (Fsp3) is 0.304. The quantitative estimate of drug-likeness (QED) is 0.604. The number of aryl methyl sites for hydroxylation is 1. The average molecular weight is 453 g/mol. The summed E-state index contributed by atoms with van der Waals surface area (Å²) >= 11 is 6.15. The molecule has 9 heteroatoms. The van der Waals surface area contributed by atoms with Crippen molar-refractivity contribution in [3.05, 3.63) is 58.9 Å². The summed E-state index contributed by atoms with van der Waals surface area (Å²) in [6.45, 7) is 6.66. The number of anilines is 4. The maximum absolute atomic E-state index is 6.46. The van der Waals surface area contributed by atoms with Crippen LogP contribution in [0.1, 0.15) is 11.1 Å². The van der Waals surface area contributed by atoms with E-state index >= 15 is 0 Å². The molecule has 166 valence electrons. The topological polar surface area (TPSA) is 88.8 Å². The number of ether oxygens (including phenoxy) is 2. The number of nitrogens with one attached hydrogen (secondary N) is 1. The zero-order chi connectivity index (χ0) is 22.1. The molecule has 5 rings (SSSR count). The van der Waals surface area contributed by atoms with Crippen molar-refractivity contribution < 1.29 is 9.47 Å². The highest BCUT2D eigenvalue weighted by Gasteiger charge is 2.22. The minimum Gasteiger partial charge on any atom is -0.454 e. The number of hydrogen-bond donors (Lipinski definition) is 2. The number of halogens is 1. The Balaban J connectivity index is 1.24. The normalized spacial score (nSPS) is 15.8. The van der Waals surface area contributed by atoms with Gasteiger partial charge in [0.1, 0.15) is 12.0 Å². The number of aromatic nitrogens is 2. The van der Waals surface area contributed by atoms with E-state index in [-0.39, 0.29) is 0 Å². The molecule has 0 aliphatic carbocycles. The van der Waals surface area contributed by atoms with Crippen molar-refractivity contribution in [2.24, 2.45) is 0 Å². The minimum absolute atomic E-state index is 0.297. The largest absolute Gasteiger partial charge is 0.454 e. The van der Waals surface area contributed by atoms with Crippen LogP contribution in [0.2, 0.25) is 5.02 Å².